The van der Waals surface area contributed by atoms with E-state index in [9.17, 15) is 14.7 Å². The lowest BCUT2D eigenvalue weighted by Crippen LogP contribution is -2.47. The molecule has 20 heavy (non-hydrogen) atoms. The molecule has 0 saturated carbocycles. The summed E-state index contributed by atoms with van der Waals surface area (Å²) in [6.07, 6.45) is 0.970. The minimum Gasteiger partial charge on any atom is -0.450 e. The van der Waals surface area contributed by atoms with E-state index in [0.29, 0.717) is 5.57 Å². The molecule has 0 amide bonds. The lowest BCUT2D eigenvalue weighted by Gasteiger charge is -2.35. The fraction of sp³-hybridized carbons (Fsp3) is 0.600. The van der Waals surface area contributed by atoms with Crippen molar-refractivity contribution in [2.75, 3.05) is 6.61 Å². The fourth-order valence-electron chi connectivity index (χ4n) is 2.27. The van der Waals surface area contributed by atoms with Crippen molar-refractivity contribution >= 4 is 11.8 Å². The third kappa shape index (κ3) is 3.35. The highest BCUT2D eigenvalue weighted by Crippen LogP contribution is 2.30. The van der Waals surface area contributed by atoms with E-state index in [-0.39, 0.29) is 11.5 Å². The number of carbonyl (C=O) groups is 2. The molecule has 5 heteroatoms. The molecule has 0 spiro atoms. The minimum atomic E-state index is -1.06. The van der Waals surface area contributed by atoms with E-state index < -0.39 is 36.5 Å². The molecular weight excluding hydrogens is 260 g/mol. The van der Waals surface area contributed by atoms with Crippen molar-refractivity contribution < 1.29 is 24.5 Å². The van der Waals surface area contributed by atoms with Gasteiger partial charge in [-0.05, 0) is 25.8 Å². The molecule has 1 aliphatic carbocycles. The van der Waals surface area contributed by atoms with Gasteiger partial charge in [0.15, 0.2) is 6.10 Å². The Morgan fingerprint density at radius 3 is 2.55 bits per heavy atom. The van der Waals surface area contributed by atoms with Crippen molar-refractivity contribution in [3.05, 3.63) is 23.3 Å². The highest BCUT2D eigenvalue weighted by Gasteiger charge is 2.42. The molecule has 1 rings (SSSR count). The van der Waals surface area contributed by atoms with E-state index in [1.165, 1.54) is 6.08 Å². The van der Waals surface area contributed by atoms with Crippen molar-refractivity contribution in [1.82, 2.24) is 0 Å². The summed E-state index contributed by atoms with van der Waals surface area (Å²) in [6.45, 7) is 6.52. The monoisotopic (exact) mass is 282 g/mol. The maximum atomic E-state index is 12.2. The highest BCUT2D eigenvalue weighted by molar-refractivity contribution is 6.02. The standard InChI is InChI=1S/C15H22O5/c1-5-9(4)15(19)20-14-12(8(2)3)11(17)6-10(7-16)13(14)18/h5-6,8,11-12,14,16-17H,7H2,1-4H3/b9-5+/t11-,12-,14+/m1/s1. The van der Waals surface area contributed by atoms with Crippen molar-refractivity contribution in [1.29, 1.82) is 0 Å². The van der Waals surface area contributed by atoms with E-state index in [2.05, 4.69) is 0 Å². The maximum absolute atomic E-state index is 12.2. The van der Waals surface area contributed by atoms with Crippen LogP contribution < -0.4 is 0 Å². The number of hydrogen-bond acceptors (Lipinski definition) is 5. The van der Waals surface area contributed by atoms with Gasteiger partial charge in [0.1, 0.15) is 0 Å². The van der Waals surface area contributed by atoms with Crippen LogP contribution in [0.3, 0.4) is 0 Å². The van der Waals surface area contributed by atoms with Gasteiger partial charge < -0.3 is 14.9 Å². The number of carbonyl (C=O) groups excluding carboxylic acids is 2. The summed E-state index contributed by atoms with van der Waals surface area (Å²) in [7, 11) is 0. The zero-order chi connectivity index (χ0) is 15.4. The Morgan fingerprint density at radius 2 is 2.10 bits per heavy atom. The Morgan fingerprint density at radius 1 is 1.50 bits per heavy atom. The first kappa shape index (κ1) is 16.6. The molecule has 0 bridgehead atoms. The third-order valence-corrected chi connectivity index (χ3v) is 3.62. The molecule has 0 unspecified atom stereocenters. The summed E-state index contributed by atoms with van der Waals surface area (Å²) in [4.78, 5) is 24.1. The lowest BCUT2D eigenvalue weighted by molar-refractivity contribution is -0.158. The van der Waals surface area contributed by atoms with Gasteiger partial charge >= 0.3 is 5.97 Å². The second-order valence-corrected chi connectivity index (χ2v) is 5.32. The van der Waals surface area contributed by atoms with Gasteiger partial charge in [-0.2, -0.15) is 0 Å². The molecule has 0 aliphatic heterocycles. The van der Waals surface area contributed by atoms with E-state index in [1.54, 1.807) is 19.9 Å². The number of allylic oxidation sites excluding steroid dienone is 1. The topological polar surface area (TPSA) is 83.8 Å². The molecule has 3 atom stereocenters. The molecule has 2 N–H and O–H groups in total. The van der Waals surface area contributed by atoms with Gasteiger partial charge in [-0.15, -0.1) is 0 Å². The van der Waals surface area contributed by atoms with Crippen LogP contribution >= 0.6 is 0 Å². The van der Waals surface area contributed by atoms with Crippen LogP contribution in [-0.4, -0.2) is 40.8 Å². The second kappa shape index (κ2) is 6.81. The van der Waals surface area contributed by atoms with E-state index in [0.717, 1.165) is 0 Å². The van der Waals surface area contributed by atoms with Gasteiger partial charge in [0, 0.05) is 17.1 Å². The maximum Gasteiger partial charge on any atom is 0.334 e. The van der Waals surface area contributed by atoms with E-state index >= 15 is 0 Å². The summed E-state index contributed by atoms with van der Waals surface area (Å²) in [5.74, 6) is -1.57. The predicted molar refractivity (Wildman–Crippen MR) is 73.8 cm³/mol. The third-order valence-electron chi connectivity index (χ3n) is 3.62. The number of ketones is 1. The molecule has 0 aromatic heterocycles. The Balaban J connectivity index is 3.08. The second-order valence-electron chi connectivity index (χ2n) is 5.32. The molecule has 0 aromatic rings. The van der Waals surface area contributed by atoms with Crippen LogP contribution in [0.4, 0.5) is 0 Å². The molecule has 0 radical (unpaired) electrons. The average molecular weight is 282 g/mol. The molecule has 1 aliphatic rings. The first-order chi connectivity index (χ1) is 9.33. The van der Waals surface area contributed by atoms with Crippen LogP contribution in [0, 0.1) is 11.8 Å². The number of esters is 1. The summed E-state index contributed by atoms with van der Waals surface area (Å²) >= 11 is 0. The quantitative estimate of drug-likeness (QED) is 0.593. The molecule has 0 aromatic carbocycles. The van der Waals surface area contributed by atoms with Gasteiger partial charge in [0.2, 0.25) is 5.78 Å². The largest absolute Gasteiger partial charge is 0.450 e. The van der Waals surface area contributed by atoms with Gasteiger partial charge in [-0.1, -0.05) is 19.9 Å². The van der Waals surface area contributed by atoms with Crippen LogP contribution in [0.15, 0.2) is 23.3 Å². The number of Topliss-reactive ketones (excluding diaryl/α,β-unsaturated/α-hetero) is 1. The minimum absolute atomic E-state index is 0.0471. The van der Waals surface area contributed by atoms with Crippen LogP contribution in [0.25, 0.3) is 0 Å². The average Bonchev–Trinajstić information content (AvgIpc) is 2.40. The lowest BCUT2D eigenvalue weighted by atomic mass is 9.77. The number of ether oxygens (including phenoxy) is 1. The van der Waals surface area contributed by atoms with Gasteiger partial charge in [0.05, 0.1) is 12.7 Å². The van der Waals surface area contributed by atoms with Crippen molar-refractivity contribution in [2.45, 2.75) is 39.9 Å². The highest BCUT2D eigenvalue weighted by atomic mass is 16.5. The van der Waals surface area contributed by atoms with E-state index in [4.69, 9.17) is 9.84 Å². The Hall–Kier alpha value is -1.46. The number of hydrogen-bond donors (Lipinski definition) is 2. The zero-order valence-electron chi connectivity index (χ0n) is 12.3. The summed E-state index contributed by atoms with van der Waals surface area (Å²) in [5.41, 5.74) is 0.486. The molecule has 112 valence electrons. The van der Waals surface area contributed by atoms with Crippen LogP contribution in [0.2, 0.25) is 0 Å². The Bertz CT molecular complexity index is 447. The van der Waals surface area contributed by atoms with Gasteiger partial charge in [0.25, 0.3) is 0 Å². The molecule has 0 heterocycles. The number of aliphatic hydroxyl groups excluding tert-OH is 2. The number of rotatable bonds is 4. The van der Waals surface area contributed by atoms with Crippen molar-refractivity contribution in [2.24, 2.45) is 11.8 Å². The van der Waals surface area contributed by atoms with E-state index in [1.807, 2.05) is 13.8 Å². The summed E-state index contributed by atoms with van der Waals surface area (Å²) < 4.78 is 5.26. The number of aliphatic hydroxyl groups is 2. The molecular formula is C15H22O5. The first-order valence-electron chi connectivity index (χ1n) is 6.71. The normalized spacial score (nSPS) is 27.6. The van der Waals surface area contributed by atoms with Crippen molar-refractivity contribution in [3.63, 3.8) is 0 Å². The van der Waals surface area contributed by atoms with Crippen LogP contribution in [0.1, 0.15) is 27.7 Å². The summed E-state index contributed by atoms with van der Waals surface area (Å²) in [5, 5.41) is 19.3. The smallest absolute Gasteiger partial charge is 0.334 e. The van der Waals surface area contributed by atoms with Crippen LogP contribution in [-0.2, 0) is 14.3 Å². The molecule has 0 fully saturated rings. The zero-order valence-corrected chi connectivity index (χ0v) is 12.3. The fourth-order valence-corrected chi connectivity index (χ4v) is 2.27. The van der Waals surface area contributed by atoms with Crippen molar-refractivity contribution in [3.8, 4) is 0 Å². The predicted octanol–water partition coefficient (Wildman–Crippen LogP) is 0.999. The Labute approximate surface area is 118 Å². The van der Waals surface area contributed by atoms with Gasteiger partial charge in [-0.25, -0.2) is 4.79 Å². The first-order valence-corrected chi connectivity index (χ1v) is 6.71. The SMILES string of the molecule is C/C=C(\C)C(=O)O[C@@H]1C(=O)C(CO)=C[C@@H](O)[C@H]1C(C)C. The molecule has 0 saturated heterocycles. The Kier molecular flexibility index (Phi) is 5.65. The summed E-state index contributed by atoms with van der Waals surface area (Å²) in [6, 6.07) is 0. The van der Waals surface area contributed by atoms with Crippen LogP contribution in [0.5, 0.6) is 0 Å². The molecule has 5 nitrogen and oxygen atoms in total. The van der Waals surface area contributed by atoms with Gasteiger partial charge in [-0.3, -0.25) is 4.79 Å².